The van der Waals surface area contributed by atoms with Crippen LogP contribution in [-0.4, -0.2) is 27.7 Å². The minimum absolute atomic E-state index is 0.0325. The molecule has 1 amide bonds. The Morgan fingerprint density at radius 1 is 0.895 bits per heavy atom. The average Bonchev–Trinajstić information content (AvgIpc) is 3.34. The number of fused-ring (bicyclic) bond motifs is 1. The minimum atomic E-state index is -1.04. The first-order valence-corrected chi connectivity index (χ1v) is 11.6. The molecule has 1 aliphatic rings. The number of hydrazone groups is 1. The third-order valence-corrected chi connectivity index (χ3v) is 5.77. The Bertz CT molecular complexity index is 1620. The number of carbonyl (C=O) groups is 2. The number of para-hydroxylation sites is 3. The van der Waals surface area contributed by atoms with E-state index in [-0.39, 0.29) is 28.8 Å². The summed E-state index contributed by atoms with van der Waals surface area (Å²) >= 11 is 0. The standard InChI is InChI=1S/C28H21N3O7/c1-17(32)30-28(21-11-5-7-13-24(21)37-25-14-8-6-12-23(25)31(34)35)38-27(29-30)22-15-19-9-3-4-10-20(19)16-26(22)36-18(2)33/h3-16,28H,1-2H3. The van der Waals surface area contributed by atoms with Crippen molar-refractivity contribution in [1.82, 2.24) is 5.01 Å². The lowest BCUT2D eigenvalue weighted by atomic mass is 10.1. The van der Waals surface area contributed by atoms with Gasteiger partial charge in [-0.3, -0.25) is 19.7 Å². The lowest BCUT2D eigenvalue weighted by Crippen LogP contribution is -2.25. The summed E-state index contributed by atoms with van der Waals surface area (Å²) in [4.78, 5) is 35.4. The van der Waals surface area contributed by atoms with E-state index in [4.69, 9.17) is 14.2 Å². The molecule has 4 aromatic carbocycles. The summed E-state index contributed by atoms with van der Waals surface area (Å²) in [7, 11) is 0. The van der Waals surface area contributed by atoms with Crippen LogP contribution < -0.4 is 9.47 Å². The Hall–Kier alpha value is -5.25. The maximum atomic E-state index is 12.6. The molecule has 0 saturated carbocycles. The highest BCUT2D eigenvalue weighted by Gasteiger charge is 2.36. The van der Waals surface area contributed by atoms with Crippen molar-refractivity contribution < 1.29 is 28.7 Å². The molecule has 0 saturated heterocycles. The number of esters is 1. The van der Waals surface area contributed by atoms with Gasteiger partial charge in [0.25, 0.3) is 0 Å². The van der Waals surface area contributed by atoms with Gasteiger partial charge in [0.1, 0.15) is 11.5 Å². The zero-order chi connectivity index (χ0) is 26.8. The van der Waals surface area contributed by atoms with Crippen LogP contribution in [0.4, 0.5) is 5.69 Å². The third-order valence-electron chi connectivity index (χ3n) is 5.77. The lowest BCUT2D eigenvalue weighted by molar-refractivity contribution is -0.385. The van der Waals surface area contributed by atoms with Crippen molar-refractivity contribution >= 4 is 34.2 Å². The van der Waals surface area contributed by atoms with Crippen LogP contribution in [0.2, 0.25) is 0 Å². The van der Waals surface area contributed by atoms with E-state index in [0.29, 0.717) is 11.1 Å². The second kappa shape index (κ2) is 10.0. The number of carbonyl (C=O) groups excluding carboxylic acids is 2. The zero-order valence-electron chi connectivity index (χ0n) is 20.4. The molecule has 0 radical (unpaired) electrons. The van der Waals surface area contributed by atoms with E-state index in [1.54, 1.807) is 48.5 Å². The van der Waals surface area contributed by atoms with Gasteiger partial charge in [-0.15, -0.1) is 5.10 Å². The molecule has 0 spiro atoms. The number of hydrogen-bond acceptors (Lipinski definition) is 8. The molecule has 1 aliphatic heterocycles. The molecule has 10 nitrogen and oxygen atoms in total. The zero-order valence-corrected chi connectivity index (χ0v) is 20.4. The van der Waals surface area contributed by atoms with E-state index in [1.165, 1.54) is 26.0 Å². The van der Waals surface area contributed by atoms with E-state index in [1.807, 2.05) is 24.3 Å². The average molecular weight is 511 g/mol. The molecule has 0 aromatic heterocycles. The first-order chi connectivity index (χ1) is 18.3. The molecule has 0 N–H and O–H groups in total. The lowest BCUT2D eigenvalue weighted by Gasteiger charge is -2.21. The van der Waals surface area contributed by atoms with Crippen molar-refractivity contribution in [2.75, 3.05) is 0 Å². The van der Waals surface area contributed by atoms with E-state index in [9.17, 15) is 19.7 Å². The maximum Gasteiger partial charge on any atom is 0.311 e. The van der Waals surface area contributed by atoms with E-state index >= 15 is 0 Å². The van der Waals surface area contributed by atoms with Crippen molar-refractivity contribution in [2.45, 2.75) is 20.1 Å². The molecule has 5 rings (SSSR count). The van der Waals surface area contributed by atoms with Crippen LogP contribution in [0.15, 0.2) is 90.0 Å². The summed E-state index contributed by atoms with van der Waals surface area (Å²) in [5.41, 5.74) is 0.580. The highest BCUT2D eigenvalue weighted by molar-refractivity contribution is 6.03. The fourth-order valence-electron chi connectivity index (χ4n) is 4.09. The monoisotopic (exact) mass is 511 g/mol. The number of benzene rings is 4. The molecule has 1 heterocycles. The summed E-state index contributed by atoms with van der Waals surface area (Å²) < 4.78 is 17.6. The fourth-order valence-corrected chi connectivity index (χ4v) is 4.09. The number of nitro benzene ring substituents is 1. The topological polar surface area (TPSA) is 121 Å². The molecule has 0 aliphatic carbocycles. The van der Waals surface area contributed by atoms with Crippen LogP contribution in [0.3, 0.4) is 0 Å². The van der Waals surface area contributed by atoms with Gasteiger partial charge in [-0.1, -0.05) is 48.5 Å². The smallest absolute Gasteiger partial charge is 0.311 e. The number of amides is 1. The summed E-state index contributed by atoms with van der Waals surface area (Å²) in [5.74, 6) is -0.377. The van der Waals surface area contributed by atoms with E-state index < -0.39 is 23.0 Å². The van der Waals surface area contributed by atoms with Crippen molar-refractivity contribution in [2.24, 2.45) is 5.10 Å². The van der Waals surface area contributed by atoms with Crippen molar-refractivity contribution in [3.05, 3.63) is 106 Å². The van der Waals surface area contributed by atoms with Crippen LogP contribution in [0, 0.1) is 10.1 Å². The van der Waals surface area contributed by atoms with Crippen LogP contribution in [0.5, 0.6) is 17.2 Å². The van der Waals surface area contributed by atoms with Crippen LogP contribution >= 0.6 is 0 Å². The van der Waals surface area contributed by atoms with E-state index in [0.717, 1.165) is 15.8 Å². The van der Waals surface area contributed by atoms with Gasteiger partial charge in [0, 0.05) is 19.9 Å². The Labute approximate surface area is 216 Å². The van der Waals surface area contributed by atoms with E-state index in [2.05, 4.69) is 5.10 Å². The van der Waals surface area contributed by atoms with Gasteiger partial charge >= 0.3 is 11.7 Å². The molecule has 1 unspecified atom stereocenters. The molecular formula is C28H21N3O7. The van der Waals surface area contributed by atoms with Crippen LogP contribution in [0.25, 0.3) is 10.8 Å². The normalized spacial score (nSPS) is 14.5. The van der Waals surface area contributed by atoms with Gasteiger partial charge < -0.3 is 14.2 Å². The molecule has 0 fully saturated rings. The molecule has 38 heavy (non-hydrogen) atoms. The van der Waals surface area contributed by atoms with Gasteiger partial charge in [0.15, 0.2) is 0 Å². The molecule has 10 heteroatoms. The van der Waals surface area contributed by atoms with Gasteiger partial charge in [0.05, 0.1) is 16.1 Å². The molecule has 1 atom stereocenters. The molecular weight excluding hydrogens is 490 g/mol. The van der Waals surface area contributed by atoms with Crippen LogP contribution in [-0.2, 0) is 14.3 Å². The number of nitrogens with zero attached hydrogens (tertiary/aromatic N) is 3. The Kier molecular flexibility index (Phi) is 6.44. The minimum Gasteiger partial charge on any atom is -0.450 e. The SMILES string of the molecule is CC(=O)Oc1cc2ccccc2cc1C1=NN(C(C)=O)C(c2ccccc2Oc2ccccc2[N+](=O)[O-])O1. The summed E-state index contributed by atoms with van der Waals surface area (Å²) in [6.07, 6.45) is -1.04. The Balaban J connectivity index is 1.56. The first-order valence-electron chi connectivity index (χ1n) is 11.6. The number of hydrogen-bond donors (Lipinski definition) is 0. The summed E-state index contributed by atoms with van der Waals surface area (Å²) in [6, 6.07) is 23.7. The predicted octanol–water partition coefficient (Wildman–Crippen LogP) is 5.70. The largest absolute Gasteiger partial charge is 0.450 e. The quantitative estimate of drug-likeness (QED) is 0.141. The van der Waals surface area contributed by atoms with Crippen LogP contribution in [0.1, 0.15) is 31.2 Å². The van der Waals surface area contributed by atoms with Crippen molar-refractivity contribution in [3.63, 3.8) is 0 Å². The predicted molar refractivity (Wildman–Crippen MR) is 138 cm³/mol. The second-order valence-electron chi connectivity index (χ2n) is 8.39. The molecule has 190 valence electrons. The van der Waals surface area contributed by atoms with Gasteiger partial charge in [-0.2, -0.15) is 5.01 Å². The first kappa shape index (κ1) is 24.4. The highest BCUT2D eigenvalue weighted by Crippen LogP contribution is 2.40. The second-order valence-corrected chi connectivity index (χ2v) is 8.39. The highest BCUT2D eigenvalue weighted by atomic mass is 16.6. The number of nitro groups is 1. The summed E-state index contributed by atoms with van der Waals surface area (Å²) in [5, 5.41) is 18.7. The molecule has 4 aromatic rings. The fraction of sp³-hybridized carbons (Fsp3) is 0.107. The van der Waals surface area contributed by atoms with Gasteiger partial charge in [0.2, 0.25) is 23.8 Å². The summed E-state index contributed by atoms with van der Waals surface area (Å²) in [6.45, 7) is 2.62. The van der Waals surface area contributed by atoms with Gasteiger partial charge in [-0.05, 0) is 41.1 Å². The third kappa shape index (κ3) is 4.74. The Morgan fingerprint density at radius 3 is 2.21 bits per heavy atom. The van der Waals surface area contributed by atoms with Crippen molar-refractivity contribution in [1.29, 1.82) is 0 Å². The number of rotatable bonds is 6. The number of ether oxygens (including phenoxy) is 3. The Morgan fingerprint density at radius 2 is 1.53 bits per heavy atom. The van der Waals surface area contributed by atoms with Crippen molar-refractivity contribution in [3.8, 4) is 17.2 Å². The van der Waals surface area contributed by atoms with Gasteiger partial charge in [-0.25, -0.2) is 0 Å². The molecule has 0 bridgehead atoms. The maximum absolute atomic E-state index is 12.6.